The predicted octanol–water partition coefficient (Wildman–Crippen LogP) is 3.74. The molecule has 0 aliphatic heterocycles. The number of halogens is 1. The summed E-state index contributed by atoms with van der Waals surface area (Å²) in [5.74, 6) is 0. The van der Waals surface area contributed by atoms with Gasteiger partial charge in [0.05, 0.1) is 4.92 Å². The fourth-order valence-electron chi connectivity index (χ4n) is 1.22. The highest BCUT2D eigenvalue weighted by molar-refractivity contribution is 9.10. The molecule has 16 heavy (non-hydrogen) atoms. The van der Waals surface area contributed by atoms with Crippen LogP contribution in [0, 0.1) is 10.1 Å². The lowest BCUT2D eigenvalue weighted by Gasteiger charge is -2.06. The SMILES string of the molecule is C/C=C/CCNc1ccc([N+](=O)[O-])cc1Br. The van der Waals surface area contributed by atoms with Crippen molar-refractivity contribution in [2.75, 3.05) is 11.9 Å². The maximum atomic E-state index is 10.5. The number of hydrogen-bond acceptors (Lipinski definition) is 3. The van der Waals surface area contributed by atoms with Gasteiger partial charge in [-0.1, -0.05) is 12.2 Å². The molecule has 0 aliphatic carbocycles. The molecule has 0 saturated carbocycles. The molecule has 0 fully saturated rings. The number of allylic oxidation sites excluding steroid dienone is 1. The number of hydrogen-bond donors (Lipinski definition) is 1. The van der Waals surface area contributed by atoms with Crippen LogP contribution in [0.4, 0.5) is 11.4 Å². The zero-order valence-electron chi connectivity index (χ0n) is 8.94. The average molecular weight is 285 g/mol. The second kappa shape index (κ2) is 6.27. The summed E-state index contributed by atoms with van der Waals surface area (Å²) in [6.45, 7) is 2.78. The Morgan fingerprint density at radius 2 is 2.31 bits per heavy atom. The number of rotatable bonds is 5. The van der Waals surface area contributed by atoms with Gasteiger partial charge in [0.25, 0.3) is 5.69 Å². The smallest absolute Gasteiger partial charge is 0.270 e. The van der Waals surface area contributed by atoms with Crippen LogP contribution in [0.3, 0.4) is 0 Å². The lowest BCUT2D eigenvalue weighted by molar-refractivity contribution is -0.384. The van der Waals surface area contributed by atoms with Gasteiger partial charge in [-0.3, -0.25) is 10.1 Å². The molecular weight excluding hydrogens is 272 g/mol. The van der Waals surface area contributed by atoms with Crippen LogP contribution in [0.25, 0.3) is 0 Å². The van der Waals surface area contributed by atoms with Crippen LogP contribution in [0.1, 0.15) is 13.3 Å². The molecular formula is C11H13BrN2O2. The molecule has 4 nitrogen and oxygen atoms in total. The van der Waals surface area contributed by atoms with E-state index in [4.69, 9.17) is 0 Å². The number of nitro groups is 1. The lowest BCUT2D eigenvalue weighted by Crippen LogP contribution is -2.01. The van der Waals surface area contributed by atoms with Gasteiger partial charge >= 0.3 is 0 Å². The van der Waals surface area contributed by atoms with Crippen LogP contribution in [0.5, 0.6) is 0 Å². The van der Waals surface area contributed by atoms with Crippen molar-refractivity contribution in [2.24, 2.45) is 0 Å². The van der Waals surface area contributed by atoms with E-state index in [0.29, 0.717) is 4.47 Å². The van der Waals surface area contributed by atoms with E-state index in [9.17, 15) is 10.1 Å². The number of nitro benzene ring substituents is 1. The van der Waals surface area contributed by atoms with Crippen molar-refractivity contribution in [1.82, 2.24) is 0 Å². The van der Waals surface area contributed by atoms with Gasteiger partial charge < -0.3 is 5.32 Å². The van der Waals surface area contributed by atoms with Crippen LogP contribution in [0.2, 0.25) is 0 Å². The molecule has 1 aromatic carbocycles. The Morgan fingerprint density at radius 1 is 1.56 bits per heavy atom. The first-order chi connectivity index (χ1) is 7.65. The van der Waals surface area contributed by atoms with Crippen LogP contribution < -0.4 is 5.32 Å². The molecule has 1 rings (SSSR count). The van der Waals surface area contributed by atoms with Crippen molar-refractivity contribution in [3.8, 4) is 0 Å². The Hall–Kier alpha value is -1.36. The molecule has 0 saturated heterocycles. The molecule has 86 valence electrons. The van der Waals surface area contributed by atoms with E-state index in [-0.39, 0.29) is 5.69 Å². The zero-order valence-corrected chi connectivity index (χ0v) is 10.5. The van der Waals surface area contributed by atoms with Gasteiger partial charge in [-0.05, 0) is 35.3 Å². The molecule has 1 N–H and O–H groups in total. The molecule has 1 aromatic rings. The minimum atomic E-state index is -0.408. The molecule has 0 bridgehead atoms. The summed E-state index contributed by atoms with van der Waals surface area (Å²) in [6.07, 6.45) is 4.98. The summed E-state index contributed by atoms with van der Waals surface area (Å²) in [6, 6.07) is 4.69. The van der Waals surface area contributed by atoms with Crippen molar-refractivity contribution in [1.29, 1.82) is 0 Å². The third kappa shape index (κ3) is 3.66. The maximum Gasteiger partial charge on any atom is 0.270 e. The Balaban J connectivity index is 2.64. The normalized spacial score (nSPS) is 10.6. The van der Waals surface area contributed by atoms with E-state index in [1.54, 1.807) is 6.07 Å². The van der Waals surface area contributed by atoms with Crippen LogP contribution in [-0.2, 0) is 0 Å². The first-order valence-electron chi connectivity index (χ1n) is 4.94. The Morgan fingerprint density at radius 3 is 2.88 bits per heavy atom. The van der Waals surface area contributed by atoms with Gasteiger partial charge in [0.1, 0.15) is 0 Å². The topological polar surface area (TPSA) is 55.2 Å². The number of benzene rings is 1. The molecule has 0 heterocycles. The largest absolute Gasteiger partial charge is 0.384 e. The quantitative estimate of drug-likeness (QED) is 0.388. The fourth-order valence-corrected chi connectivity index (χ4v) is 1.72. The van der Waals surface area contributed by atoms with Crippen molar-refractivity contribution < 1.29 is 4.92 Å². The van der Waals surface area contributed by atoms with E-state index in [1.165, 1.54) is 12.1 Å². The third-order valence-corrected chi connectivity index (χ3v) is 2.68. The number of anilines is 1. The van der Waals surface area contributed by atoms with Gasteiger partial charge in [-0.25, -0.2) is 0 Å². The average Bonchev–Trinajstić information content (AvgIpc) is 2.26. The number of non-ortho nitro benzene ring substituents is 1. The van der Waals surface area contributed by atoms with Gasteiger partial charge in [0.15, 0.2) is 0 Å². The summed E-state index contributed by atoms with van der Waals surface area (Å²) in [7, 11) is 0. The first kappa shape index (κ1) is 12.7. The summed E-state index contributed by atoms with van der Waals surface area (Å²) in [5.41, 5.74) is 0.959. The fraction of sp³-hybridized carbons (Fsp3) is 0.273. The maximum absolute atomic E-state index is 10.5. The number of nitrogens with zero attached hydrogens (tertiary/aromatic N) is 1. The van der Waals surface area contributed by atoms with Crippen molar-refractivity contribution in [3.05, 3.63) is 44.9 Å². The molecule has 0 amide bonds. The lowest BCUT2D eigenvalue weighted by atomic mass is 10.2. The summed E-state index contributed by atoms with van der Waals surface area (Å²) in [5, 5.41) is 13.7. The molecule has 0 aromatic heterocycles. The monoisotopic (exact) mass is 284 g/mol. The molecule has 0 unspecified atom stereocenters. The highest BCUT2D eigenvalue weighted by atomic mass is 79.9. The first-order valence-corrected chi connectivity index (χ1v) is 5.73. The Bertz CT molecular complexity index is 405. The minimum absolute atomic E-state index is 0.0888. The molecule has 0 spiro atoms. The van der Waals surface area contributed by atoms with Gasteiger partial charge in [-0.2, -0.15) is 0 Å². The van der Waals surface area contributed by atoms with Gasteiger partial charge in [0.2, 0.25) is 0 Å². The molecule has 0 aliphatic rings. The molecule has 5 heteroatoms. The second-order valence-electron chi connectivity index (χ2n) is 3.21. The van der Waals surface area contributed by atoms with Crippen molar-refractivity contribution >= 4 is 27.3 Å². The van der Waals surface area contributed by atoms with E-state index in [2.05, 4.69) is 27.3 Å². The summed E-state index contributed by atoms with van der Waals surface area (Å²) in [4.78, 5) is 10.1. The van der Waals surface area contributed by atoms with Crippen molar-refractivity contribution in [3.63, 3.8) is 0 Å². The van der Waals surface area contributed by atoms with Crippen LogP contribution >= 0.6 is 15.9 Å². The summed E-state index contributed by atoms with van der Waals surface area (Å²) >= 11 is 3.30. The van der Waals surface area contributed by atoms with E-state index >= 15 is 0 Å². The standard InChI is InChI=1S/C11H13BrN2O2/c1-2-3-4-7-13-11-6-5-9(14(15)16)8-10(11)12/h2-3,5-6,8,13H,4,7H2,1H3/b3-2+. The predicted molar refractivity (Wildman–Crippen MR) is 68.7 cm³/mol. The highest BCUT2D eigenvalue weighted by Crippen LogP contribution is 2.26. The zero-order chi connectivity index (χ0) is 12.0. The third-order valence-electron chi connectivity index (χ3n) is 2.03. The van der Waals surface area contributed by atoms with E-state index < -0.39 is 4.92 Å². The van der Waals surface area contributed by atoms with Crippen LogP contribution in [0.15, 0.2) is 34.8 Å². The van der Waals surface area contributed by atoms with Gasteiger partial charge in [-0.15, -0.1) is 0 Å². The molecule has 0 radical (unpaired) electrons. The minimum Gasteiger partial charge on any atom is -0.384 e. The van der Waals surface area contributed by atoms with E-state index in [0.717, 1.165) is 18.7 Å². The Kier molecular flexibility index (Phi) is 4.98. The van der Waals surface area contributed by atoms with E-state index in [1.807, 2.05) is 13.0 Å². The number of nitrogens with one attached hydrogen (secondary N) is 1. The molecule has 0 atom stereocenters. The highest BCUT2D eigenvalue weighted by Gasteiger charge is 2.08. The van der Waals surface area contributed by atoms with Crippen LogP contribution in [-0.4, -0.2) is 11.5 Å². The second-order valence-corrected chi connectivity index (χ2v) is 4.06. The Labute approximate surface area is 103 Å². The summed E-state index contributed by atoms with van der Waals surface area (Å²) < 4.78 is 0.710. The van der Waals surface area contributed by atoms with Gasteiger partial charge in [0, 0.05) is 28.8 Å². The van der Waals surface area contributed by atoms with Crippen molar-refractivity contribution in [2.45, 2.75) is 13.3 Å².